The number of carbonyl (C=O) groups excluding carboxylic acids is 1. The number of nitrogens with two attached hydrogens (primary N) is 1. The Labute approximate surface area is 121 Å². The molecule has 0 unspecified atom stereocenters. The van der Waals surface area contributed by atoms with Crippen LogP contribution >= 0.6 is 0 Å². The van der Waals surface area contributed by atoms with Crippen LogP contribution in [0.25, 0.3) is 0 Å². The average molecular weight is 284 g/mol. The van der Waals surface area contributed by atoms with Crippen LogP contribution in [0.5, 0.6) is 0 Å². The predicted octanol–water partition coefficient (Wildman–Crippen LogP) is 1.16. The van der Waals surface area contributed by atoms with Gasteiger partial charge in [-0.3, -0.25) is 9.59 Å². The minimum atomic E-state index is -0.322. The second-order valence-electron chi connectivity index (χ2n) is 5.17. The second-order valence-corrected chi connectivity index (χ2v) is 5.17. The molecule has 1 aromatic carbocycles. The van der Waals surface area contributed by atoms with Crippen LogP contribution in [0.4, 0.5) is 5.69 Å². The first-order valence-corrected chi connectivity index (χ1v) is 6.85. The maximum atomic E-state index is 12.6. The summed E-state index contributed by atoms with van der Waals surface area (Å²) in [6, 6.07) is 10.5. The van der Waals surface area contributed by atoms with Gasteiger partial charge in [0, 0.05) is 24.3 Å². The summed E-state index contributed by atoms with van der Waals surface area (Å²) < 4.78 is 0. The first-order valence-electron chi connectivity index (χ1n) is 6.85. The standard InChI is InChI=1S/C15H16N4O2/c16-12-4-2-1-3-10(12)9-19(11-5-6-11)15(21)13-7-8-14(20)18-17-13/h1-4,7-8,11H,5-6,9,16H2,(H,18,20). The molecule has 0 spiro atoms. The monoisotopic (exact) mass is 284 g/mol. The fourth-order valence-corrected chi connectivity index (χ4v) is 2.23. The lowest BCUT2D eigenvalue weighted by Crippen LogP contribution is -2.34. The molecule has 108 valence electrons. The highest BCUT2D eigenvalue weighted by molar-refractivity contribution is 5.92. The van der Waals surface area contributed by atoms with Crippen LogP contribution in [-0.2, 0) is 6.54 Å². The van der Waals surface area contributed by atoms with Crippen molar-refractivity contribution in [3.63, 3.8) is 0 Å². The molecule has 1 saturated carbocycles. The van der Waals surface area contributed by atoms with E-state index in [1.165, 1.54) is 12.1 Å². The van der Waals surface area contributed by atoms with Crippen LogP contribution in [0.3, 0.4) is 0 Å². The summed E-state index contributed by atoms with van der Waals surface area (Å²) in [6.07, 6.45) is 1.98. The van der Waals surface area contributed by atoms with Crippen molar-refractivity contribution < 1.29 is 4.79 Å². The average Bonchev–Trinajstić information content (AvgIpc) is 3.31. The van der Waals surface area contributed by atoms with E-state index in [9.17, 15) is 9.59 Å². The van der Waals surface area contributed by atoms with E-state index in [1.807, 2.05) is 24.3 Å². The van der Waals surface area contributed by atoms with Gasteiger partial charge in [-0.2, -0.15) is 5.10 Å². The normalized spacial score (nSPS) is 13.9. The van der Waals surface area contributed by atoms with Crippen LogP contribution in [0.1, 0.15) is 28.9 Å². The molecule has 1 heterocycles. The summed E-state index contributed by atoms with van der Waals surface area (Å²) in [5.74, 6) is -0.183. The van der Waals surface area contributed by atoms with Crippen molar-refractivity contribution in [2.75, 3.05) is 5.73 Å². The van der Waals surface area contributed by atoms with E-state index in [4.69, 9.17) is 5.73 Å². The van der Waals surface area contributed by atoms with Crippen molar-refractivity contribution in [3.05, 3.63) is 58.0 Å². The largest absolute Gasteiger partial charge is 0.398 e. The number of anilines is 1. The zero-order chi connectivity index (χ0) is 14.8. The molecule has 0 radical (unpaired) electrons. The van der Waals surface area contributed by atoms with Gasteiger partial charge in [0.15, 0.2) is 0 Å². The smallest absolute Gasteiger partial charge is 0.274 e. The Balaban J connectivity index is 1.85. The van der Waals surface area contributed by atoms with E-state index >= 15 is 0 Å². The first-order chi connectivity index (χ1) is 10.1. The van der Waals surface area contributed by atoms with Gasteiger partial charge < -0.3 is 10.6 Å². The summed E-state index contributed by atoms with van der Waals surface area (Å²) in [6.45, 7) is 0.455. The van der Waals surface area contributed by atoms with Crippen molar-refractivity contribution in [1.29, 1.82) is 0 Å². The number of benzene rings is 1. The third-order valence-corrected chi connectivity index (χ3v) is 3.54. The quantitative estimate of drug-likeness (QED) is 0.824. The minimum Gasteiger partial charge on any atom is -0.398 e. The minimum absolute atomic E-state index is 0.183. The van der Waals surface area contributed by atoms with Crippen molar-refractivity contribution in [1.82, 2.24) is 15.1 Å². The Morgan fingerprint density at radius 1 is 1.29 bits per heavy atom. The van der Waals surface area contributed by atoms with Gasteiger partial charge >= 0.3 is 0 Å². The molecule has 21 heavy (non-hydrogen) atoms. The van der Waals surface area contributed by atoms with E-state index in [1.54, 1.807) is 4.90 Å². The fourth-order valence-electron chi connectivity index (χ4n) is 2.23. The van der Waals surface area contributed by atoms with Crippen molar-refractivity contribution >= 4 is 11.6 Å². The summed E-state index contributed by atoms with van der Waals surface area (Å²) in [4.78, 5) is 25.4. The number of carbonyl (C=O) groups is 1. The number of aromatic amines is 1. The Bertz CT molecular complexity index is 701. The Morgan fingerprint density at radius 3 is 2.67 bits per heavy atom. The second kappa shape index (κ2) is 5.40. The van der Waals surface area contributed by atoms with Gasteiger partial charge in [0.2, 0.25) is 0 Å². The van der Waals surface area contributed by atoms with Crippen molar-refractivity contribution in [2.45, 2.75) is 25.4 Å². The highest BCUT2D eigenvalue weighted by Gasteiger charge is 2.33. The summed E-state index contributed by atoms with van der Waals surface area (Å²) in [7, 11) is 0. The van der Waals surface area contributed by atoms with Gasteiger partial charge in [-0.1, -0.05) is 18.2 Å². The number of nitrogen functional groups attached to an aromatic ring is 1. The molecule has 2 aromatic rings. The molecule has 1 aromatic heterocycles. The van der Waals surface area contributed by atoms with E-state index < -0.39 is 0 Å². The highest BCUT2D eigenvalue weighted by Crippen LogP contribution is 2.30. The molecule has 0 aliphatic heterocycles. The van der Waals surface area contributed by atoms with Crippen LogP contribution in [0, 0.1) is 0 Å². The maximum absolute atomic E-state index is 12.6. The zero-order valence-corrected chi connectivity index (χ0v) is 11.5. The lowest BCUT2D eigenvalue weighted by atomic mass is 10.1. The number of hydrogen-bond donors (Lipinski definition) is 2. The van der Waals surface area contributed by atoms with Crippen LogP contribution < -0.4 is 11.3 Å². The molecule has 0 bridgehead atoms. The third kappa shape index (κ3) is 2.94. The zero-order valence-electron chi connectivity index (χ0n) is 11.5. The fraction of sp³-hybridized carbons (Fsp3) is 0.267. The number of nitrogens with zero attached hydrogens (tertiary/aromatic N) is 2. The van der Waals surface area contributed by atoms with Gasteiger partial charge in [-0.05, 0) is 30.5 Å². The van der Waals surface area contributed by atoms with Gasteiger partial charge in [0.05, 0.1) is 0 Å². The van der Waals surface area contributed by atoms with Gasteiger partial charge in [0.25, 0.3) is 11.5 Å². The lowest BCUT2D eigenvalue weighted by molar-refractivity contribution is 0.0723. The number of rotatable bonds is 4. The van der Waals surface area contributed by atoms with E-state index in [-0.39, 0.29) is 23.2 Å². The molecule has 1 fully saturated rings. The van der Waals surface area contributed by atoms with Gasteiger partial charge in [-0.25, -0.2) is 5.10 Å². The molecule has 0 saturated heterocycles. The summed E-state index contributed by atoms with van der Waals surface area (Å²) in [5.41, 5.74) is 7.46. The molecular formula is C15H16N4O2. The molecular weight excluding hydrogens is 268 g/mol. The predicted molar refractivity (Wildman–Crippen MR) is 78.6 cm³/mol. The van der Waals surface area contributed by atoms with Gasteiger partial charge in [0.1, 0.15) is 5.69 Å². The number of para-hydroxylation sites is 1. The lowest BCUT2D eigenvalue weighted by Gasteiger charge is -2.22. The number of aromatic nitrogens is 2. The van der Waals surface area contributed by atoms with E-state index in [0.29, 0.717) is 12.2 Å². The molecule has 3 N–H and O–H groups in total. The van der Waals surface area contributed by atoms with Crippen LogP contribution in [0.2, 0.25) is 0 Å². The third-order valence-electron chi connectivity index (χ3n) is 3.54. The summed E-state index contributed by atoms with van der Waals surface area (Å²) in [5, 5.41) is 6.11. The van der Waals surface area contributed by atoms with E-state index in [0.717, 1.165) is 18.4 Å². The summed E-state index contributed by atoms with van der Waals surface area (Å²) >= 11 is 0. The number of amides is 1. The molecule has 1 amide bonds. The number of nitrogens with one attached hydrogen (secondary N) is 1. The van der Waals surface area contributed by atoms with Crippen LogP contribution in [0.15, 0.2) is 41.2 Å². The van der Waals surface area contributed by atoms with Gasteiger partial charge in [-0.15, -0.1) is 0 Å². The number of H-pyrrole nitrogens is 1. The number of hydrogen-bond acceptors (Lipinski definition) is 4. The molecule has 0 atom stereocenters. The van der Waals surface area contributed by atoms with Crippen molar-refractivity contribution in [2.24, 2.45) is 0 Å². The maximum Gasteiger partial charge on any atom is 0.274 e. The Kier molecular flexibility index (Phi) is 3.43. The highest BCUT2D eigenvalue weighted by atomic mass is 16.2. The first kappa shape index (κ1) is 13.4. The Hall–Kier alpha value is -2.63. The molecule has 1 aliphatic carbocycles. The SMILES string of the molecule is Nc1ccccc1CN(C(=O)c1ccc(=O)[nH]n1)C1CC1. The molecule has 3 rings (SSSR count). The molecule has 1 aliphatic rings. The van der Waals surface area contributed by atoms with E-state index in [2.05, 4.69) is 10.2 Å². The van der Waals surface area contributed by atoms with Crippen molar-refractivity contribution in [3.8, 4) is 0 Å². The topological polar surface area (TPSA) is 92.1 Å². The molecule has 6 nitrogen and oxygen atoms in total. The Morgan fingerprint density at radius 2 is 2.05 bits per heavy atom. The van der Waals surface area contributed by atoms with Crippen LogP contribution in [-0.4, -0.2) is 27.0 Å². The molecule has 6 heteroatoms.